The molecule has 3 aliphatic rings. The molecule has 0 saturated carbocycles. The second-order valence-electron chi connectivity index (χ2n) is 23.8. The normalized spacial score (nSPS) is 27.2. The molecule has 1 amide bonds. The number of ketones is 4. The highest BCUT2D eigenvalue weighted by Gasteiger charge is 2.48. The fraction of sp³-hybridized carbons (Fsp3) is 0.911. The van der Waals surface area contributed by atoms with Crippen molar-refractivity contribution in [1.29, 1.82) is 0 Å². The molecule has 0 aromatic rings. The molecule has 568 valence electrons. The van der Waals surface area contributed by atoms with Crippen molar-refractivity contribution in [3.05, 3.63) is 0 Å². The van der Waals surface area contributed by atoms with E-state index in [0.717, 1.165) is 0 Å². The largest absolute Gasteiger partial charge is 0.469 e. The summed E-state index contributed by atoms with van der Waals surface area (Å²) < 4.78 is 107. The van der Waals surface area contributed by atoms with Crippen molar-refractivity contribution < 1.29 is 179 Å². The molecule has 3 saturated heterocycles. The average molecular weight is 1470 g/mol. The summed E-state index contributed by atoms with van der Waals surface area (Å²) in [6, 6.07) is 0. The minimum atomic E-state index is -4.92. The van der Waals surface area contributed by atoms with E-state index in [1.807, 2.05) is 6.92 Å². The predicted octanol–water partition coefficient (Wildman–Crippen LogP) is -3.10. The number of aliphatic hydroxyl groups excluding tert-OH is 9. The van der Waals surface area contributed by atoms with E-state index >= 15 is 0 Å². The van der Waals surface area contributed by atoms with Gasteiger partial charge in [-0.25, -0.2) is 13.7 Å². The van der Waals surface area contributed by atoms with Crippen molar-refractivity contribution in [1.82, 2.24) is 5.32 Å². The fourth-order valence-electron chi connectivity index (χ4n) is 9.65. The van der Waals surface area contributed by atoms with Crippen LogP contribution in [0.15, 0.2) is 0 Å². The molecule has 0 aromatic heterocycles. The number of hydrogen-bond acceptors (Lipinski definition) is 31. The summed E-state index contributed by atoms with van der Waals surface area (Å²) in [6.45, 7) is 0.125. The predicted molar refractivity (Wildman–Crippen MR) is 326 cm³/mol. The highest BCUT2D eigenvalue weighted by atomic mass is 31.2. The standard InChI is InChI=1S/C56H102NO37P3/c1-56(34-84-23-17-39(61)15-9-14-37(59)13-6-8-21-87-54-51(70)48(67)45(64)41(93-54)31-90-96(75,76)77,35-85-24-18-43(62)57-19-25-81-26-27-82-28-29-88-55-52(71)49(68)46(65)42(94-55)32-91-97(78,79)80)33-83-22-16-38(60)11-4-2-3-10-36(58)12-5-7-20-86-53-50(69)47(66)44(63)40(92-53)30-89-95(72,73)74/h40-42,44-55,63-71H,2-35H2,1H3,(H,57,62)(H2,72,73,74)(H2,75,76,77)(H2,78,79,80). The van der Waals surface area contributed by atoms with Crippen molar-refractivity contribution >= 4 is 52.5 Å². The van der Waals surface area contributed by atoms with E-state index in [2.05, 4.69) is 18.9 Å². The highest BCUT2D eigenvalue weighted by Crippen LogP contribution is 2.39. The van der Waals surface area contributed by atoms with Crippen molar-refractivity contribution in [2.24, 2.45) is 5.41 Å². The van der Waals surface area contributed by atoms with Crippen molar-refractivity contribution in [2.75, 3.05) is 112 Å². The Morgan fingerprint density at radius 3 is 1.03 bits per heavy atom. The smallest absolute Gasteiger partial charge is 0.387 e. The van der Waals surface area contributed by atoms with Gasteiger partial charge in [0.15, 0.2) is 18.9 Å². The van der Waals surface area contributed by atoms with Gasteiger partial charge in [-0.05, 0) is 44.9 Å². The summed E-state index contributed by atoms with van der Waals surface area (Å²) in [6.07, 6.45) is -19.1. The number of aliphatic hydroxyl groups is 9. The number of Topliss-reactive ketones (excluding diaryl/α,β-unsaturated/α-hetero) is 4. The number of rotatable bonds is 56. The molecule has 16 N–H and O–H groups in total. The Balaban J connectivity index is 1.33. The van der Waals surface area contributed by atoms with E-state index in [0.29, 0.717) is 57.8 Å². The number of phosphoric ester groups is 3. The van der Waals surface area contributed by atoms with E-state index in [1.165, 1.54) is 0 Å². The molecule has 16 unspecified atom stereocenters. The average Bonchev–Trinajstić information content (AvgIpc) is 0.874. The van der Waals surface area contributed by atoms with Gasteiger partial charge in [0, 0.05) is 83.0 Å². The van der Waals surface area contributed by atoms with Crippen LogP contribution in [0.3, 0.4) is 0 Å². The molecule has 3 fully saturated rings. The Kier molecular flexibility index (Phi) is 43.2. The topological polar surface area (TPSA) is 581 Å². The zero-order valence-corrected chi connectivity index (χ0v) is 56.9. The summed E-state index contributed by atoms with van der Waals surface area (Å²) >= 11 is 0. The van der Waals surface area contributed by atoms with Crippen molar-refractivity contribution in [2.45, 2.75) is 208 Å². The number of amides is 1. The third kappa shape index (κ3) is 38.7. The minimum absolute atomic E-state index is 0.00199. The molecular weight excluding hydrogens is 1370 g/mol. The maximum absolute atomic E-state index is 12.8. The zero-order valence-electron chi connectivity index (χ0n) is 54.2. The molecule has 3 rings (SSSR count). The van der Waals surface area contributed by atoms with Crippen LogP contribution in [0.4, 0.5) is 0 Å². The molecule has 0 aromatic carbocycles. The van der Waals surface area contributed by atoms with E-state index in [4.69, 9.17) is 81.5 Å². The molecule has 38 nitrogen and oxygen atoms in total. The van der Waals surface area contributed by atoms with Crippen LogP contribution >= 0.6 is 23.5 Å². The lowest BCUT2D eigenvalue weighted by Crippen LogP contribution is -2.59. The maximum Gasteiger partial charge on any atom is 0.469 e. The molecule has 0 spiro atoms. The Morgan fingerprint density at radius 2 is 0.660 bits per heavy atom. The number of carbonyl (C=O) groups excluding carboxylic acids is 5. The van der Waals surface area contributed by atoms with Gasteiger partial charge in [-0.1, -0.05) is 13.3 Å². The molecule has 0 aliphatic carbocycles. The summed E-state index contributed by atoms with van der Waals surface area (Å²) in [4.78, 5) is 117. The van der Waals surface area contributed by atoms with Gasteiger partial charge in [0.1, 0.15) is 96.4 Å². The van der Waals surface area contributed by atoms with Crippen LogP contribution in [0, 0.1) is 5.41 Å². The third-order valence-electron chi connectivity index (χ3n) is 15.1. The SMILES string of the molecule is CC(COCCC(=O)CCCCCC(=O)CCCCOC1OC(COP(=O)(O)O)C(O)C(O)C1O)(COCCC(=O)CCCC(=O)CCCCOC1OC(COP(=O)(O)O)C(O)C(O)C1O)COCCC(=O)NCCOCCOCCOC1OC(COP(=O)(O)O)C(O)C(O)C1O. The zero-order chi connectivity index (χ0) is 72.2. The van der Waals surface area contributed by atoms with Gasteiger partial charge in [0.2, 0.25) is 5.91 Å². The van der Waals surface area contributed by atoms with E-state index < -0.39 is 141 Å². The molecule has 3 heterocycles. The second-order valence-corrected chi connectivity index (χ2v) is 27.5. The van der Waals surface area contributed by atoms with Crippen LogP contribution in [0.1, 0.15) is 116 Å². The second kappa shape index (κ2) is 47.1. The minimum Gasteiger partial charge on any atom is -0.387 e. The molecule has 3 aliphatic heterocycles. The molecule has 0 radical (unpaired) electrons. The van der Waals surface area contributed by atoms with Gasteiger partial charge >= 0.3 is 23.5 Å². The van der Waals surface area contributed by atoms with Crippen LogP contribution in [-0.4, -0.2) is 309 Å². The van der Waals surface area contributed by atoms with Gasteiger partial charge in [0.05, 0.1) is 92.5 Å². The summed E-state index contributed by atoms with van der Waals surface area (Å²) in [5.41, 5.74) is -0.802. The first kappa shape index (κ1) is 88.9. The number of nitrogens with one attached hydrogen (secondary N) is 1. The van der Waals surface area contributed by atoms with E-state index in [1.54, 1.807) is 0 Å². The van der Waals surface area contributed by atoms with Crippen LogP contribution in [0.2, 0.25) is 0 Å². The van der Waals surface area contributed by atoms with Crippen LogP contribution in [-0.2, 0) is 103 Å². The van der Waals surface area contributed by atoms with Crippen LogP contribution in [0.5, 0.6) is 0 Å². The van der Waals surface area contributed by atoms with E-state index in [9.17, 15) is 83.6 Å². The highest BCUT2D eigenvalue weighted by molar-refractivity contribution is 7.46. The van der Waals surface area contributed by atoms with Crippen molar-refractivity contribution in [3.8, 4) is 0 Å². The lowest BCUT2D eigenvalue weighted by molar-refractivity contribution is -0.301. The molecule has 97 heavy (non-hydrogen) atoms. The van der Waals surface area contributed by atoms with E-state index in [-0.39, 0.29) is 173 Å². The van der Waals surface area contributed by atoms with Gasteiger partial charge < -0.3 is 133 Å². The molecule has 0 bridgehead atoms. The van der Waals surface area contributed by atoms with Crippen LogP contribution in [0.25, 0.3) is 0 Å². The number of carbonyl (C=O) groups is 5. The van der Waals surface area contributed by atoms with Crippen molar-refractivity contribution in [3.63, 3.8) is 0 Å². The quantitative estimate of drug-likeness (QED) is 0.0212. The number of hydrogen-bond donors (Lipinski definition) is 16. The molecule has 41 heteroatoms. The first-order valence-corrected chi connectivity index (χ1v) is 36.5. The monoisotopic (exact) mass is 1470 g/mol. The van der Waals surface area contributed by atoms with Gasteiger partial charge in [-0.15, -0.1) is 0 Å². The molecular formula is C56H102NO37P3. The number of ether oxygens (including phenoxy) is 11. The summed E-state index contributed by atoms with van der Waals surface area (Å²) in [7, 11) is -14.7. The molecule has 16 atom stereocenters. The first-order chi connectivity index (χ1) is 45.7. The Bertz CT molecular complexity index is 2400. The summed E-state index contributed by atoms with van der Waals surface area (Å²) in [5, 5.41) is 93.9. The summed E-state index contributed by atoms with van der Waals surface area (Å²) in [5.74, 6) is -0.639. The van der Waals surface area contributed by atoms with Crippen LogP contribution < -0.4 is 5.32 Å². The fourth-order valence-corrected chi connectivity index (χ4v) is 10.7. The van der Waals surface area contributed by atoms with Gasteiger partial charge in [-0.3, -0.25) is 37.5 Å². The lowest BCUT2D eigenvalue weighted by atomic mass is 9.94. The Hall–Kier alpha value is -2.32. The lowest BCUT2D eigenvalue weighted by Gasteiger charge is -2.40. The third-order valence-corrected chi connectivity index (χ3v) is 16.6. The van der Waals surface area contributed by atoms with Gasteiger partial charge in [-0.2, -0.15) is 0 Å². The first-order valence-electron chi connectivity index (χ1n) is 32.0. The number of phosphoric acid groups is 3. The number of unbranched alkanes of at least 4 members (excludes halogenated alkanes) is 4. The Labute approximate surface area is 560 Å². The van der Waals surface area contributed by atoms with Gasteiger partial charge in [0.25, 0.3) is 0 Å². The Morgan fingerprint density at radius 1 is 0.351 bits per heavy atom. The maximum atomic E-state index is 12.8.